The molecule has 0 saturated carbocycles. The first kappa shape index (κ1) is 13.9. The molecule has 1 rings (SSSR count). The first-order valence-electron chi connectivity index (χ1n) is 3.52. The fourth-order valence-electron chi connectivity index (χ4n) is 0.911. The Morgan fingerprint density at radius 2 is 1.50 bits per heavy atom. The molecular formula is C6H4Cl3NO4S2. The van der Waals surface area contributed by atoms with Gasteiger partial charge in [-0.2, -0.15) is 0 Å². The molecule has 90 valence electrons. The van der Waals surface area contributed by atoms with Crippen molar-refractivity contribution in [3.63, 3.8) is 0 Å². The van der Waals surface area contributed by atoms with E-state index in [2.05, 4.69) is 0 Å². The lowest BCUT2D eigenvalue weighted by Gasteiger charge is -2.06. The molecule has 0 aliphatic carbocycles. The predicted molar refractivity (Wildman–Crippen MR) is 61.9 cm³/mol. The van der Waals surface area contributed by atoms with Gasteiger partial charge in [-0.1, -0.05) is 11.6 Å². The Morgan fingerprint density at radius 3 is 1.88 bits per heavy atom. The third-order valence-corrected chi connectivity index (χ3v) is 4.62. The van der Waals surface area contributed by atoms with E-state index in [0.717, 1.165) is 12.1 Å². The van der Waals surface area contributed by atoms with Gasteiger partial charge < -0.3 is 5.73 Å². The van der Waals surface area contributed by atoms with E-state index in [4.69, 9.17) is 38.7 Å². The molecule has 0 unspecified atom stereocenters. The second-order valence-electron chi connectivity index (χ2n) is 2.69. The van der Waals surface area contributed by atoms with Gasteiger partial charge in [-0.3, -0.25) is 0 Å². The van der Waals surface area contributed by atoms with E-state index in [9.17, 15) is 16.8 Å². The summed E-state index contributed by atoms with van der Waals surface area (Å²) in [4.78, 5) is -1.09. The number of hydrogen-bond acceptors (Lipinski definition) is 5. The average Bonchev–Trinajstić information content (AvgIpc) is 2.05. The van der Waals surface area contributed by atoms with Crippen LogP contribution in [0.15, 0.2) is 21.9 Å². The maximum absolute atomic E-state index is 11.1. The van der Waals surface area contributed by atoms with Crippen molar-refractivity contribution in [2.24, 2.45) is 0 Å². The fraction of sp³-hybridized carbons (Fsp3) is 0. The van der Waals surface area contributed by atoms with E-state index in [0.29, 0.717) is 0 Å². The second kappa shape index (κ2) is 4.23. The number of nitrogens with two attached hydrogens (primary N) is 1. The Balaban J connectivity index is 3.72. The van der Waals surface area contributed by atoms with Gasteiger partial charge in [0.05, 0.1) is 15.6 Å². The Kier molecular flexibility index (Phi) is 3.66. The van der Waals surface area contributed by atoms with Crippen LogP contribution in [0.5, 0.6) is 0 Å². The van der Waals surface area contributed by atoms with Crippen molar-refractivity contribution in [2.45, 2.75) is 9.79 Å². The number of halogens is 3. The SMILES string of the molecule is Nc1c(Cl)cc(S(=O)(=O)Cl)cc1S(=O)(=O)Cl. The zero-order chi connectivity index (χ0) is 12.7. The minimum atomic E-state index is -4.20. The summed E-state index contributed by atoms with van der Waals surface area (Å²) in [6, 6.07) is 1.68. The van der Waals surface area contributed by atoms with Crippen LogP contribution < -0.4 is 5.73 Å². The molecule has 0 spiro atoms. The van der Waals surface area contributed by atoms with Gasteiger partial charge in [0, 0.05) is 21.4 Å². The number of anilines is 1. The minimum absolute atomic E-state index is 0.263. The maximum Gasteiger partial charge on any atom is 0.263 e. The zero-order valence-electron chi connectivity index (χ0n) is 7.32. The first-order valence-corrected chi connectivity index (χ1v) is 8.51. The molecule has 10 heteroatoms. The molecule has 16 heavy (non-hydrogen) atoms. The molecule has 0 saturated heterocycles. The Morgan fingerprint density at radius 1 is 1.00 bits per heavy atom. The molecule has 0 bridgehead atoms. The summed E-state index contributed by atoms with van der Waals surface area (Å²) in [5.74, 6) is 0. The van der Waals surface area contributed by atoms with E-state index in [1.165, 1.54) is 0 Å². The number of nitrogen functional groups attached to an aromatic ring is 1. The van der Waals surface area contributed by atoms with Gasteiger partial charge in [0.1, 0.15) is 4.90 Å². The van der Waals surface area contributed by atoms with E-state index >= 15 is 0 Å². The summed E-state index contributed by atoms with van der Waals surface area (Å²) in [5, 5.41) is -0.263. The predicted octanol–water partition coefficient (Wildman–Crippen LogP) is 1.78. The third kappa shape index (κ3) is 2.92. The normalized spacial score (nSPS) is 12.7. The molecule has 1 aromatic carbocycles. The van der Waals surface area contributed by atoms with Gasteiger partial charge >= 0.3 is 0 Å². The molecule has 0 aliphatic rings. The Bertz CT molecular complexity index is 638. The van der Waals surface area contributed by atoms with Gasteiger partial charge in [0.2, 0.25) is 0 Å². The van der Waals surface area contributed by atoms with Crippen molar-refractivity contribution in [3.8, 4) is 0 Å². The maximum atomic E-state index is 11.1. The van der Waals surface area contributed by atoms with Crippen molar-refractivity contribution < 1.29 is 16.8 Å². The van der Waals surface area contributed by atoms with Crippen molar-refractivity contribution >= 4 is 56.8 Å². The third-order valence-electron chi connectivity index (χ3n) is 1.61. The zero-order valence-corrected chi connectivity index (χ0v) is 11.2. The van der Waals surface area contributed by atoms with Crippen LogP contribution in [0.25, 0.3) is 0 Å². The summed E-state index contributed by atoms with van der Waals surface area (Å²) < 4.78 is 44.2. The van der Waals surface area contributed by atoms with Crippen LogP contribution in [0, 0.1) is 0 Å². The van der Waals surface area contributed by atoms with Crippen LogP contribution in [0.3, 0.4) is 0 Å². The van der Waals surface area contributed by atoms with Crippen molar-refractivity contribution in [3.05, 3.63) is 17.2 Å². The molecular weight excluding hydrogens is 321 g/mol. The van der Waals surface area contributed by atoms with Gasteiger partial charge in [0.15, 0.2) is 0 Å². The Labute approximate surface area is 106 Å². The van der Waals surface area contributed by atoms with Gasteiger partial charge in [-0.15, -0.1) is 0 Å². The molecule has 0 radical (unpaired) electrons. The van der Waals surface area contributed by atoms with Gasteiger partial charge in [-0.25, -0.2) is 16.8 Å². The van der Waals surface area contributed by atoms with Crippen LogP contribution in [0.4, 0.5) is 5.69 Å². The highest BCUT2D eigenvalue weighted by molar-refractivity contribution is 8.14. The van der Waals surface area contributed by atoms with Crippen molar-refractivity contribution in [1.29, 1.82) is 0 Å². The fourth-order valence-corrected chi connectivity index (χ4v) is 3.13. The lowest BCUT2D eigenvalue weighted by atomic mass is 10.3. The van der Waals surface area contributed by atoms with Crippen molar-refractivity contribution in [1.82, 2.24) is 0 Å². The van der Waals surface area contributed by atoms with E-state index in [1.54, 1.807) is 0 Å². The van der Waals surface area contributed by atoms with Crippen LogP contribution in [-0.4, -0.2) is 16.8 Å². The standard InChI is InChI=1S/C6H4Cl3NO4S2/c7-4-1-3(15(8,11)12)2-5(6(4)10)16(9,13)14/h1-2H,10H2. The molecule has 0 atom stereocenters. The van der Waals surface area contributed by atoms with Crippen LogP contribution >= 0.6 is 33.0 Å². The minimum Gasteiger partial charge on any atom is -0.396 e. The van der Waals surface area contributed by atoms with Crippen LogP contribution in [0.1, 0.15) is 0 Å². The highest BCUT2D eigenvalue weighted by Gasteiger charge is 2.21. The smallest absolute Gasteiger partial charge is 0.263 e. The number of benzene rings is 1. The highest BCUT2D eigenvalue weighted by atomic mass is 35.7. The molecule has 2 N–H and O–H groups in total. The van der Waals surface area contributed by atoms with Crippen LogP contribution in [0.2, 0.25) is 5.02 Å². The molecule has 0 fully saturated rings. The Hall–Kier alpha value is -0.210. The molecule has 5 nitrogen and oxygen atoms in total. The second-order valence-corrected chi connectivity index (χ2v) is 8.20. The van der Waals surface area contributed by atoms with Gasteiger partial charge in [0.25, 0.3) is 18.1 Å². The summed E-state index contributed by atoms with van der Waals surface area (Å²) in [7, 11) is 1.78. The monoisotopic (exact) mass is 323 g/mol. The summed E-state index contributed by atoms with van der Waals surface area (Å²) in [6.07, 6.45) is 0. The van der Waals surface area contributed by atoms with E-state index < -0.39 is 27.9 Å². The van der Waals surface area contributed by atoms with E-state index in [1.807, 2.05) is 0 Å². The number of rotatable bonds is 2. The molecule has 0 aliphatic heterocycles. The number of hydrogen-bond donors (Lipinski definition) is 1. The van der Waals surface area contributed by atoms with Crippen LogP contribution in [-0.2, 0) is 18.1 Å². The molecule has 0 heterocycles. The highest BCUT2D eigenvalue weighted by Crippen LogP contribution is 2.33. The van der Waals surface area contributed by atoms with Crippen molar-refractivity contribution in [2.75, 3.05) is 5.73 Å². The summed E-state index contributed by atoms with van der Waals surface area (Å²) >= 11 is 5.56. The summed E-state index contributed by atoms with van der Waals surface area (Å²) in [6.45, 7) is 0. The lowest BCUT2D eigenvalue weighted by Crippen LogP contribution is -2.02. The van der Waals surface area contributed by atoms with Gasteiger partial charge in [-0.05, 0) is 12.1 Å². The first-order chi connectivity index (χ1) is 7.03. The quantitative estimate of drug-likeness (QED) is 0.661. The largest absolute Gasteiger partial charge is 0.396 e. The molecule has 1 aromatic rings. The molecule has 0 amide bonds. The van der Waals surface area contributed by atoms with E-state index in [-0.39, 0.29) is 10.7 Å². The average molecular weight is 325 g/mol. The molecule has 0 aromatic heterocycles. The summed E-state index contributed by atoms with van der Waals surface area (Å²) in [5.41, 5.74) is 5.01. The topological polar surface area (TPSA) is 94.3 Å². The lowest BCUT2D eigenvalue weighted by molar-refractivity contribution is 0.608.